The average molecular weight is 442 g/mol. The fraction of sp³-hybridized carbons (Fsp3) is 0.318. The fourth-order valence-electron chi connectivity index (χ4n) is 5.13. The van der Waals surface area contributed by atoms with E-state index in [1.807, 2.05) is 0 Å². The topological polar surface area (TPSA) is 127 Å². The van der Waals surface area contributed by atoms with Crippen LogP contribution in [0.1, 0.15) is 28.3 Å². The number of methoxy groups -OCH3 is 1. The number of ether oxygens (including phenoxy) is 1. The lowest BCUT2D eigenvalue weighted by atomic mass is 9.65. The van der Waals surface area contributed by atoms with Gasteiger partial charge in [0.2, 0.25) is 17.4 Å². The smallest absolute Gasteiger partial charge is 0.340 e. The average Bonchev–Trinajstić information content (AvgIpc) is 3.02. The number of rotatable bonds is 5. The number of nitrogens with zero attached hydrogens (tertiary/aromatic N) is 2. The summed E-state index contributed by atoms with van der Waals surface area (Å²) in [7, 11) is 1.08. The van der Waals surface area contributed by atoms with E-state index >= 15 is 0 Å². The van der Waals surface area contributed by atoms with Crippen molar-refractivity contribution in [1.82, 2.24) is 0 Å². The number of fused-ring (bicyclic) bond motifs is 3. The highest BCUT2D eigenvalue weighted by Crippen LogP contribution is 2.53. The van der Waals surface area contributed by atoms with Crippen LogP contribution in [0.2, 0.25) is 0 Å². The predicted molar refractivity (Wildman–Crippen MR) is 109 cm³/mol. The third kappa shape index (κ3) is 2.94. The number of carbonyl (C=O) groups is 3. The molecule has 1 saturated heterocycles. The van der Waals surface area contributed by atoms with Crippen molar-refractivity contribution in [2.24, 2.45) is 5.92 Å². The third-order valence-electron chi connectivity index (χ3n) is 6.31. The van der Waals surface area contributed by atoms with Crippen LogP contribution in [0, 0.1) is 21.8 Å². The Morgan fingerprint density at radius 3 is 2.50 bits per heavy atom. The Hall–Kier alpha value is -3.82. The van der Waals surface area contributed by atoms with Gasteiger partial charge in [-0.1, -0.05) is 24.3 Å². The highest BCUT2D eigenvalue weighted by atomic mass is 19.1. The minimum absolute atomic E-state index is 0.166. The summed E-state index contributed by atoms with van der Waals surface area (Å²) < 4.78 is 18.7. The molecule has 4 rings (SSSR count). The van der Waals surface area contributed by atoms with Crippen molar-refractivity contribution in [3.05, 3.63) is 75.6 Å². The number of hydrogen-bond donors (Lipinski definition) is 1. The molecule has 166 valence electrons. The summed E-state index contributed by atoms with van der Waals surface area (Å²) in [6.07, 6.45) is -0.548. The zero-order valence-corrected chi connectivity index (χ0v) is 16.9. The number of hydrogen-bond acceptors (Lipinski definition) is 7. The Morgan fingerprint density at radius 2 is 1.91 bits per heavy atom. The first-order valence-corrected chi connectivity index (χ1v) is 9.84. The molecule has 0 spiro atoms. The highest BCUT2D eigenvalue weighted by molar-refractivity contribution is 6.26. The molecule has 1 fully saturated rings. The lowest BCUT2D eigenvalue weighted by Crippen LogP contribution is -2.70. The molecule has 0 aliphatic carbocycles. The van der Waals surface area contributed by atoms with Crippen LogP contribution in [0.4, 0.5) is 10.1 Å². The number of carboxylic acid groups (broad SMARTS) is 1. The summed E-state index contributed by atoms with van der Waals surface area (Å²) in [5, 5.41) is 21.7. The van der Waals surface area contributed by atoms with Crippen molar-refractivity contribution in [2.45, 2.75) is 23.9 Å². The highest BCUT2D eigenvalue weighted by Gasteiger charge is 2.71. The first-order valence-electron chi connectivity index (χ1n) is 9.84. The van der Waals surface area contributed by atoms with Gasteiger partial charge < -0.3 is 14.7 Å². The van der Waals surface area contributed by atoms with E-state index in [4.69, 9.17) is 4.74 Å². The maximum absolute atomic E-state index is 13.7. The summed E-state index contributed by atoms with van der Waals surface area (Å²) in [5.74, 6) is -5.96. The first-order chi connectivity index (χ1) is 15.2. The minimum atomic E-state index is -2.12. The van der Waals surface area contributed by atoms with Crippen LogP contribution in [-0.2, 0) is 14.3 Å². The largest absolute Gasteiger partial charge is 0.481 e. The van der Waals surface area contributed by atoms with E-state index in [1.165, 1.54) is 23.1 Å². The van der Waals surface area contributed by atoms with Crippen LogP contribution in [-0.4, -0.2) is 53.0 Å². The molecule has 10 heteroatoms. The quantitative estimate of drug-likeness (QED) is 0.323. The van der Waals surface area contributed by atoms with Crippen molar-refractivity contribution in [3.63, 3.8) is 0 Å². The molecule has 2 aromatic rings. The van der Waals surface area contributed by atoms with E-state index in [0.717, 1.165) is 19.2 Å². The number of benzene rings is 2. The number of ketones is 1. The maximum atomic E-state index is 13.7. The van der Waals surface area contributed by atoms with Gasteiger partial charge in [0.05, 0.1) is 25.4 Å². The van der Waals surface area contributed by atoms with Crippen LogP contribution in [0.25, 0.3) is 0 Å². The molecule has 0 unspecified atom stereocenters. The molecule has 2 heterocycles. The van der Waals surface area contributed by atoms with E-state index in [1.54, 1.807) is 18.2 Å². The number of piperidine rings is 1. The number of nitro groups is 1. The second kappa shape index (κ2) is 7.70. The number of halogens is 1. The molecule has 0 bridgehead atoms. The second-order valence-electron chi connectivity index (χ2n) is 7.88. The van der Waals surface area contributed by atoms with E-state index in [9.17, 15) is 34.0 Å². The summed E-state index contributed by atoms with van der Waals surface area (Å²) in [5.41, 5.74) is -1.40. The zero-order valence-electron chi connectivity index (χ0n) is 16.9. The molecule has 0 aromatic heterocycles. The van der Waals surface area contributed by atoms with Crippen LogP contribution >= 0.6 is 0 Å². The van der Waals surface area contributed by atoms with Gasteiger partial charge in [0.25, 0.3) is 0 Å². The molecular weight excluding hydrogens is 423 g/mol. The molecule has 32 heavy (non-hydrogen) atoms. The van der Waals surface area contributed by atoms with Crippen LogP contribution in [0.5, 0.6) is 0 Å². The van der Waals surface area contributed by atoms with Gasteiger partial charge in [0.1, 0.15) is 5.82 Å². The Morgan fingerprint density at radius 1 is 1.25 bits per heavy atom. The van der Waals surface area contributed by atoms with Crippen molar-refractivity contribution < 1.29 is 33.5 Å². The lowest BCUT2D eigenvalue weighted by molar-refractivity contribution is -0.539. The molecule has 0 radical (unpaired) electrons. The van der Waals surface area contributed by atoms with Crippen molar-refractivity contribution in [3.8, 4) is 0 Å². The third-order valence-corrected chi connectivity index (χ3v) is 6.31. The van der Waals surface area contributed by atoms with Crippen molar-refractivity contribution >= 4 is 23.4 Å². The van der Waals surface area contributed by atoms with E-state index < -0.39 is 58.3 Å². The Kier molecular flexibility index (Phi) is 5.15. The van der Waals surface area contributed by atoms with Gasteiger partial charge in [-0.2, -0.15) is 0 Å². The number of anilines is 1. The number of Topliss-reactive ketones (excluding diaryl/α,β-unsaturated/α-hetero) is 1. The second-order valence-corrected chi connectivity index (χ2v) is 7.88. The van der Waals surface area contributed by atoms with Gasteiger partial charge in [-0.3, -0.25) is 19.7 Å². The van der Waals surface area contributed by atoms with Gasteiger partial charge in [-0.25, -0.2) is 9.18 Å². The van der Waals surface area contributed by atoms with Gasteiger partial charge in [-0.15, -0.1) is 0 Å². The SMILES string of the molecule is COC(=O)[C@]12C(=O)c3ccccc3N1C[C@@H](CC(=O)O)[C@H]([N+](=O)[O-])[C@H]2c1ccc(F)cc1. The summed E-state index contributed by atoms with van der Waals surface area (Å²) in [6.45, 7) is -0.215. The van der Waals surface area contributed by atoms with E-state index in [-0.39, 0.29) is 17.7 Å². The van der Waals surface area contributed by atoms with Gasteiger partial charge in [0.15, 0.2) is 0 Å². The lowest BCUT2D eigenvalue weighted by Gasteiger charge is -2.49. The van der Waals surface area contributed by atoms with Crippen LogP contribution in [0.15, 0.2) is 48.5 Å². The molecular formula is C22H19FN2O7. The molecule has 2 aliphatic rings. The van der Waals surface area contributed by atoms with Gasteiger partial charge >= 0.3 is 11.9 Å². The molecule has 9 nitrogen and oxygen atoms in total. The molecule has 2 aromatic carbocycles. The monoisotopic (exact) mass is 442 g/mol. The number of carbonyl (C=O) groups excluding carboxylic acids is 2. The number of esters is 1. The van der Waals surface area contributed by atoms with Crippen molar-refractivity contribution in [1.29, 1.82) is 0 Å². The predicted octanol–water partition coefficient (Wildman–Crippen LogP) is 2.27. The minimum Gasteiger partial charge on any atom is -0.481 e. The summed E-state index contributed by atoms with van der Waals surface area (Å²) in [6, 6.07) is 9.47. The van der Waals surface area contributed by atoms with Gasteiger partial charge in [0, 0.05) is 22.7 Å². The normalized spacial score (nSPS) is 26.2. The molecule has 4 atom stereocenters. The number of aliphatic carboxylic acids is 1. The van der Waals surface area contributed by atoms with Crippen LogP contribution in [0.3, 0.4) is 0 Å². The summed E-state index contributed by atoms with van der Waals surface area (Å²) in [4.78, 5) is 51.6. The van der Waals surface area contributed by atoms with Crippen LogP contribution < -0.4 is 4.90 Å². The molecule has 2 aliphatic heterocycles. The Bertz CT molecular complexity index is 1120. The Labute approximate surface area is 181 Å². The van der Waals surface area contributed by atoms with E-state index in [2.05, 4.69) is 0 Å². The van der Waals surface area contributed by atoms with E-state index in [0.29, 0.717) is 5.69 Å². The van der Waals surface area contributed by atoms with Crippen molar-refractivity contribution in [2.75, 3.05) is 18.6 Å². The fourth-order valence-corrected chi connectivity index (χ4v) is 5.13. The standard InChI is InChI=1S/C22H19FN2O7/c1-32-21(29)22-18(12-6-8-14(23)9-7-12)19(25(30)31)13(10-17(26)27)11-24(22)16-5-3-2-4-15(16)20(22)28/h2-9,13,18-19H,10-11H2,1H3,(H,26,27)/t13-,18-,19+,22+/m1/s1. The zero-order chi connectivity index (χ0) is 23.2. The molecule has 0 amide bonds. The maximum Gasteiger partial charge on any atom is 0.340 e. The summed E-state index contributed by atoms with van der Waals surface area (Å²) >= 11 is 0. The first kappa shape index (κ1) is 21.4. The van der Waals surface area contributed by atoms with Gasteiger partial charge in [-0.05, 0) is 29.8 Å². The molecule has 1 N–H and O–H groups in total. The Balaban J connectivity index is 2.04. The molecule has 0 saturated carbocycles. The number of para-hydroxylation sites is 1. The number of carboxylic acids is 1.